The third-order valence-corrected chi connectivity index (χ3v) is 4.84. The van der Waals surface area contributed by atoms with Gasteiger partial charge in [-0.05, 0) is 28.5 Å². The summed E-state index contributed by atoms with van der Waals surface area (Å²) in [6.07, 6.45) is 1.33. The maximum Gasteiger partial charge on any atom is 0.449 e. The van der Waals surface area contributed by atoms with E-state index in [-0.39, 0.29) is 60.3 Å². The van der Waals surface area contributed by atoms with Gasteiger partial charge in [0.05, 0.1) is 24.9 Å². The topological polar surface area (TPSA) is 57.5 Å². The quantitative estimate of drug-likeness (QED) is 0.112. The smallest absolute Gasteiger partial charge is 0.449 e. The largest absolute Gasteiger partial charge is 0.504 e. The Bertz CT molecular complexity index is 1120. The van der Waals surface area contributed by atoms with Crippen LogP contribution in [0.5, 0.6) is 0 Å². The molecule has 1 aromatic carbocycles. The fourth-order valence-electron chi connectivity index (χ4n) is 2.61. The van der Waals surface area contributed by atoms with Gasteiger partial charge < -0.3 is 5.11 Å². The number of benzene rings is 1. The van der Waals surface area contributed by atoms with Crippen LogP contribution in [-0.4, -0.2) is 38.1 Å². The second-order valence-electron chi connectivity index (χ2n) is 5.95. The summed E-state index contributed by atoms with van der Waals surface area (Å²) in [6.45, 7) is 5.92. The zero-order valence-electron chi connectivity index (χ0n) is 15.3. The van der Waals surface area contributed by atoms with E-state index in [0.29, 0.717) is 0 Å². The number of thiophene rings is 1. The number of aromatic nitrogens is 1. The number of hydrogen-bond donors (Lipinski definition) is 1. The normalized spacial score (nSPS) is 12.9. The molecule has 0 spiro atoms. The molecule has 2 N–H and O–H groups in total. The van der Waals surface area contributed by atoms with Crippen molar-refractivity contribution in [3.8, 4) is 0 Å². The van der Waals surface area contributed by atoms with E-state index >= 15 is 0 Å². The van der Waals surface area contributed by atoms with Crippen molar-refractivity contribution in [2.75, 3.05) is 0 Å². The van der Waals surface area contributed by atoms with Crippen LogP contribution in [0.15, 0.2) is 65.9 Å². The Kier molecular flexibility index (Phi) is 8.55. The number of rotatable bonds is 2. The van der Waals surface area contributed by atoms with Crippen LogP contribution in [0.2, 0.25) is 0 Å². The van der Waals surface area contributed by atoms with E-state index in [9.17, 15) is 13.2 Å². The minimum atomic E-state index is -4.83. The van der Waals surface area contributed by atoms with Gasteiger partial charge in [0.15, 0.2) is 5.69 Å². The Morgan fingerprint density at radius 3 is 2.67 bits per heavy atom. The summed E-state index contributed by atoms with van der Waals surface area (Å²) in [5.74, 6) is -2.42. The van der Waals surface area contributed by atoms with Gasteiger partial charge >= 0.3 is 12.0 Å². The van der Waals surface area contributed by atoms with Gasteiger partial charge in [-0.25, -0.2) is 0 Å². The van der Waals surface area contributed by atoms with E-state index in [4.69, 9.17) is 9.90 Å². The summed E-state index contributed by atoms with van der Waals surface area (Å²) in [5.41, 5.74) is 3.25. The van der Waals surface area contributed by atoms with Crippen molar-refractivity contribution in [2.45, 2.75) is 6.18 Å². The first kappa shape index (κ1) is 24.5. The van der Waals surface area contributed by atoms with Gasteiger partial charge in [-0.3, -0.25) is 14.4 Å². The zero-order chi connectivity index (χ0) is 21.0. The predicted molar refractivity (Wildman–Crippen MR) is 109 cm³/mol. The number of nitrogens with zero attached hydrogens (tertiary/aromatic N) is 2. The minimum absolute atomic E-state index is 0. The van der Waals surface area contributed by atoms with E-state index in [1.165, 1.54) is 11.6 Å². The van der Waals surface area contributed by atoms with Crippen LogP contribution < -0.4 is 0 Å². The van der Waals surface area contributed by atoms with E-state index in [1.54, 1.807) is 11.4 Å². The van der Waals surface area contributed by atoms with Gasteiger partial charge in [-0.1, -0.05) is 30.3 Å². The molecule has 3 aromatic rings. The van der Waals surface area contributed by atoms with E-state index in [1.807, 2.05) is 29.5 Å². The van der Waals surface area contributed by atoms with Crippen LogP contribution in [0.25, 0.3) is 17.0 Å². The third-order valence-electron chi connectivity index (χ3n) is 3.95. The van der Waals surface area contributed by atoms with E-state index < -0.39 is 17.7 Å². The van der Waals surface area contributed by atoms with Crippen LogP contribution in [0.1, 0.15) is 10.4 Å². The number of pyridine rings is 1. The number of hydrogen-bond acceptors (Lipinski definition) is 3. The first-order valence-corrected chi connectivity index (χ1v) is 9.22. The molecule has 2 aromatic heterocycles. The molecule has 0 saturated heterocycles. The van der Waals surface area contributed by atoms with Gasteiger partial charge in [0.1, 0.15) is 4.88 Å². The number of fused-ring (bicyclic) bond motifs is 3. The Labute approximate surface area is 215 Å². The summed E-state index contributed by atoms with van der Waals surface area (Å²) in [7, 11) is 0. The van der Waals surface area contributed by atoms with Gasteiger partial charge in [0.25, 0.3) is 0 Å². The van der Waals surface area contributed by atoms with Crippen LogP contribution in [0.4, 0.5) is 18.9 Å². The molecule has 30 heavy (non-hydrogen) atoms. The fraction of sp³-hybridized carbons (Fsp3) is 0.0476. The SMILES string of the molecule is C=[N+]1[CH-]C=Cc2ccc3cccnc3c21.OC(=CC(=[OH+])c1cccs1)C(F)(F)F.[Eu]. The second-order valence-corrected chi connectivity index (χ2v) is 6.89. The van der Waals surface area contributed by atoms with Crippen LogP contribution in [0, 0.1) is 55.9 Å². The molecule has 3 heterocycles. The number of carbonyl (C=O) groups excluding carboxylic acids is 1. The van der Waals surface area contributed by atoms with Crippen molar-refractivity contribution in [1.29, 1.82) is 0 Å². The molecule has 9 heteroatoms. The summed E-state index contributed by atoms with van der Waals surface area (Å²) in [5, 5.41) is 11.3. The molecule has 1 aliphatic rings. The molecule has 4 nitrogen and oxygen atoms in total. The summed E-state index contributed by atoms with van der Waals surface area (Å²) >= 11 is 1.07. The Morgan fingerprint density at radius 2 is 2.00 bits per heavy atom. The van der Waals surface area contributed by atoms with Crippen molar-refractivity contribution in [2.24, 2.45) is 0 Å². The number of halogens is 3. The van der Waals surface area contributed by atoms with Crippen LogP contribution in [-0.2, 0) is 0 Å². The number of alkyl halides is 3. The first-order valence-electron chi connectivity index (χ1n) is 8.34. The average molecular weight is 569 g/mol. The fourth-order valence-corrected chi connectivity index (χ4v) is 3.25. The van der Waals surface area contributed by atoms with Crippen molar-refractivity contribution in [1.82, 2.24) is 4.98 Å². The molecule has 0 bridgehead atoms. The number of allylic oxidation sites excluding steroid dienone is 2. The molecular weight excluding hydrogens is 553 g/mol. The Hall–Kier alpha value is -1.81. The molecular formula is C21H16EuF3N2O2S+. The number of ketones is 1. The standard InChI is InChI=1S/C13H10N2.C8H5F3O2S.Eu/c1-15-9-3-5-11-7-6-10-4-2-8-14-12(10)13(11)15;9-8(10,11)7(13)4-5(12)6-2-1-3-14-6;/h2-9H,1H2;1-4,13H;/p+1. The molecule has 0 fully saturated rings. The number of aliphatic hydroxyl groups is 1. The molecule has 0 amide bonds. The molecule has 0 saturated carbocycles. The van der Waals surface area contributed by atoms with Gasteiger partial charge in [-0.2, -0.15) is 13.2 Å². The van der Waals surface area contributed by atoms with Crippen molar-refractivity contribution < 1.29 is 77.0 Å². The van der Waals surface area contributed by atoms with Crippen molar-refractivity contribution >= 4 is 46.5 Å². The average Bonchev–Trinajstić information content (AvgIpc) is 3.22. The van der Waals surface area contributed by atoms with Crippen molar-refractivity contribution in [3.05, 3.63) is 82.9 Å². The molecule has 0 unspecified atom stereocenters. The molecule has 1 radical (unpaired) electrons. The zero-order valence-corrected chi connectivity index (χ0v) is 18.6. The van der Waals surface area contributed by atoms with Gasteiger partial charge in [0.2, 0.25) is 5.76 Å². The van der Waals surface area contributed by atoms with Crippen LogP contribution in [0.3, 0.4) is 0 Å². The minimum Gasteiger partial charge on any atom is -0.504 e. The maximum absolute atomic E-state index is 11.8. The van der Waals surface area contributed by atoms with E-state index in [0.717, 1.165) is 27.9 Å². The molecule has 155 valence electrons. The van der Waals surface area contributed by atoms with E-state index in [2.05, 4.69) is 36.0 Å². The van der Waals surface area contributed by atoms with Gasteiger partial charge in [-0.15, -0.1) is 17.4 Å². The van der Waals surface area contributed by atoms with Gasteiger partial charge in [0, 0.05) is 55.6 Å². The molecule has 1 aliphatic heterocycles. The first-order chi connectivity index (χ1) is 13.8. The molecule has 0 aliphatic carbocycles. The predicted octanol–water partition coefficient (Wildman–Crippen LogP) is 5.41. The van der Waals surface area contributed by atoms with Crippen molar-refractivity contribution in [3.63, 3.8) is 0 Å². The molecule has 4 rings (SSSR count). The second kappa shape index (κ2) is 10.5. The Morgan fingerprint density at radius 1 is 1.23 bits per heavy atom. The monoisotopic (exact) mass is 570 g/mol. The molecule has 0 atom stereocenters. The Balaban J connectivity index is 0.000000208. The summed E-state index contributed by atoms with van der Waals surface area (Å²) < 4.78 is 37.3. The summed E-state index contributed by atoms with van der Waals surface area (Å²) in [6, 6.07) is 11.2. The van der Waals surface area contributed by atoms with Crippen LogP contribution >= 0.6 is 11.3 Å². The maximum atomic E-state index is 11.8. The summed E-state index contributed by atoms with van der Waals surface area (Å²) in [4.78, 5) is 13.8. The third kappa shape index (κ3) is 5.88. The number of aliphatic hydroxyl groups excluding tert-OH is 1.